The molecule has 2 N–H and O–H groups in total. The van der Waals surface area contributed by atoms with Crippen LogP contribution in [0.3, 0.4) is 0 Å². The standard InChI is InChI=1S/C32H39N7O2/c1-23-20-37(21-24(2)38(23)17-8-11-26-9-5-4-6-10-26)32(41)27-12-7-13-28(19-27)39(18-16-33-25(3)40)31-29-14-15-34-30(29)35-22-36-31/h4-7,9-10,12-15,19,22-24H,8,11,16-18,20-21H2,1-3H3,(H,33,40)(H,34,35,36). The maximum atomic E-state index is 13.8. The zero-order chi connectivity index (χ0) is 28.8. The molecule has 1 aliphatic heterocycles. The van der Waals surface area contributed by atoms with Crippen molar-refractivity contribution in [2.24, 2.45) is 0 Å². The van der Waals surface area contributed by atoms with Gasteiger partial charge in [0.2, 0.25) is 5.91 Å². The molecule has 2 atom stereocenters. The molecule has 9 nitrogen and oxygen atoms in total. The summed E-state index contributed by atoms with van der Waals surface area (Å²) in [6, 6.07) is 20.8. The number of hydrogen-bond acceptors (Lipinski definition) is 6. The van der Waals surface area contributed by atoms with E-state index in [1.165, 1.54) is 18.8 Å². The van der Waals surface area contributed by atoms with Crippen LogP contribution < -0.4 is 10.2 Å². The minimum Gasteiger partial charge on any atom is -0.355 e. The third kappa shape index (κ3) is 6.74. The predicted molar refractivity (Wildman–Crippen MR) is 162 cm³/mol. The molecule has 2 aromatic heterocycles. The highest BCUT2D eigenvalue weighted by molar-refractivity contribution is 5.96. The van der Waals surface area contributed by atoms with Gasteiger partial charge in [-0.25, -0.2) is 9.97 Å². The van der Waals surface area contributed by atoms with Gasteiger partial charge in [-0.1, -0.05) is 36.4 Å². The Morgan fingerprint density at radius 3 is 2.56 bits per heavy atom. The third-order valence-electron chi connectivity index (χ3n) is 7.82. The number of fused-ring (bicyclic) bond motifs is 1. The molecule has 0 spiro atoms. The van der Waals surface area contributed by atoms with E-state index in [2.05, 4.69) is 69.3 Å². The maximum Gasteiger partial charge on any atom is 0.254 e. The van der Waals surface area contributed by atoms with E-state index in [1.807, 2.05) is 46.3 Å². The number of carbonyl (C=O) groups excluding carboxylic acids is 2. The number of aryl methyl sites for hydroxylation is 1. The van der Waals surface area contributed by atoms with E-state index in [4.69, 9.17) is 0 Å². The number of hydrogen-bond donors (Lipinski definition) is 2. The van der Waals surface area contributed by atoms with Crippen molar-refractivity contribution in [3.63, 3.8) is 0 Å². The summed E-state index contributed by atoms with van der Waals surface area (Å²) in [5, 5.41) is 3.75. The van der Waals surface area contributed by atoms with Crippen molar-refractivity contribution in [1.82, 2.24) is 30.1 Å². The van der Waals surface area contributed by atoms with E-state index < -0.39 is 0 Å². The van der Waals surface area contributed by atoms with Gasteiger partial charge < -0.3 is 20.1 Å². The quantitative estimate of drug-likeness (QED) is 0.302. The number of aromatic amines is 1. The van der Waals surface area contributed by atoms with Crippen LogP contribution in [-0.2, 0) is 11.2 Å². The highest BCUT2D eigenvalue weighted by Gasteiger charge is 2.32. The molecule has 1 aliphatic rings. The van der Waals surface area contributed by atoms with Gasteiger partial charge in [-0.2, -0.15) is 0 Å². The van der Waals surface area contributed by atoms with Crippen LogP contribution in [0.25, 0.3) is 11.0 Å². The molecule has 1 fully saturated rings. The molecule has 3 heterocycles. The summed E-state index contributed by atoms with van der Waals surface area (Å²) < 4.78 is 0. The molecule has 41 heavy (non-hydrogen) atoms. The largest absolute Gasteiger partial charge is 0.355 e. The number of carbonyl (C=O) groups is 2. The fraction of sp³-hybridized carbons (Fsp3) is 0.375. The molecule has 9 heteroatoms. The summed E-state index contributed by atoms with van der Waals surface area (Å²) in [6.45, 7) is 9.27. The number of piperazine rings is 1. The van der Waals surface area contributed by atoms with Crippen molar-refractivity contribution >= 4 is 34.4 Å². The van der Waals surface area contributed by atoms with Gasteiger partial charge in [-0.3, -0.25) is 14.5 Å². The van der Waals surface area contributed by atoms with E-state index in [9.17, 15) is 9.59 Å². The monoisotopic (exact) mass is 553 g/mol. The summed E-state index contributed by atoms with van der Waals surface area (Å²) in [6.07, 6.45) is 5.52. The van der Waals surface area contributed by atoms with Gasteiger partial charge in [0.15, 0.2) is 0 Å². The number of benzene rings is 2. The van der Waals surface area contributed by atoms with Crippen LogP contribution in [0.1, 0.15) is 43.1 Å². The van der Waals surface area contributed by atoms with Gasteiger partial charge in [0, 0.05) is 62.6 Å². The molecule has 2 unspecified atom stereocenters. The van der Waals surface area contributed by atoms with E-state index in [-0.39, 0.29) is 23.9 Å². The molecule has 0 bridgehead atoms. The number of nitrogens with zero attached hydrogens (tertiary/aromatic N) is 5. The molecular weight excluding hydrogens is 514 g/mol. The number of amides is 2. The second-order valence-electron chi connectivity index (χ2n) is 10.9. The Bertz CT molecular complexity index is 1460. The summed E-state index contributed by atoms with van der Waals surface area (Å²) in [4.78, 5) is 43.9. The van der Waals surface area contributed by atoms with Crippen LogP contribution >= 0.6 is 0 Å². The van der Waals surface area contributed by atoms with Gasteiger partial charge in [-0.05, 0) is 63.1 Å². The molecule has 0 radical (unpaired) electrons. The topological polar surface area (TPSA) is 97.5 Å². The van der Waals surface area contributed by atoms with E-state index in [0.29, 0.717) is 31.7 Å². The van der Waals surface area contributed by atoms with Crippen molar-refractivity contribution in [1.29, 1.82) is 0 Å². The predicted octanol–water partition coefficient (Wildman–Crippen LogP) is 4.40. The van der Waals surface area contributed by atoms with Crippen LogP contribution in [-0.4, -0.2) is 81.4 Å². The van der Waals surface area contributed by atoms with E-state index in [1.54, 1.807) is 0 Å². The lowest BCUT2D eigenvalue weighted by Crippen LogP contribution is -2.58. The summed E-state index contributed by atoms with van der Waals surface area (Å²) in [7, 11) is 0. The zero-order valence-electron chi connectivity index (χ0n) is 24.1. The van der Waals surface area contributed by atoms with Crippen molar-refractivity contribution in [2.45, 2.75) is 45.7 Å². The van der Waals surface area contributed by atoms with E-state index >= 15 is 0 Å². The van der Waals surface area contributed by atoms with Crippen molar-refractivity contribution in [3.05, 3.63) is 84.3 Å². The molecule has 2 aromatic carbocycles. The lowest BCUT2D eigenvalue weighted by Gasteiger charge is -2.44. The van der Waals surface area contributed by atoms with E-state index in [0.717, 1.165) is 41.9 Å². The Hall–Kier alpha value is -4.24. The van der Waals surface area contributed by atoms with Gasteiger partial charge in [0.25, 0.3) is 5.91 Å². The summed E-state index contributed by atoms with van der Waals surface area (Å²) in [5.74, 6) is 0.661. The van der Waals surface area contributed by atoms with Crippen LogP contribution in [0.2, 0.25) is 0 Å². The zero-order valence-corrected chi connectivity index (χ0v) is 24.1. The lowest BCUT2D eigenvalue weighted by atomic mass is 10.0. The molecule has 214 valence electrons. The second-order valence-corrected chi connectivity index (χ2v) is 10.9. The van der Waals surface area contributed by atoms with Gasteiger partial charge in [-0.15, -0.1) is 0 Å². The first-order valence-electron chi connectivity index (χ1n) is 14.4. The highest BCUT2D eigenvalue weighted by atomic mass is 16.2. The Balaban J connectivity index is 1.30. The first-order valence-corrected chi connectivity index (χ1v) is 14.4. The summed E-state index contributed by atoms with van der Waals surface area (Å²) in [5.41, 5.74) is 3.58. The molecule has 0 aliphatic carbocycles. The summed E-state index contributed by atoms with van der Waals surface area (Å²) >= 11 is 0. The maximum absolute atomic E-state index is 13.8. The minimum atomic E-state index is -0.0918. The van der Waals surface area contributed by atoms with Crippen LogP contribution in [0.5, 0.6) is 0 Å². The molecule has 1 saturated heterocycles. The number of H-pyrrole nitrogens is 1. The van der Waals surface area contributed by atoms with Gasteiger partial charge in [0.1, 0.15) is 17.8 Å². The van der Waals surface area contributed by atoms with Crippen molar-refractivity contribution < 1.29 is 9.59 Å². The van der Waals surface area contributed by atoms with Gasteiger partial charge in [0.05, 0.1) is 5.39 Å². The first-order chi connectivity index (χ1) is 19.9. The smallest absolute Gasteiger partial charge is 0.254 e. The molecule has 2 amide bonds. The number of rotatable bonds is 10. The number of anilines is 2. The van der Waals surface area contributed by atoms with Gasteiger partial charge >= 0.3 is 0 Å². The Kier molecular flexibility index (Phi) is 8.94. The minimum absolute atomic E-state index is 0.0331. The Morgan fingerprint density at radius 1 is 1.02 bits per heavy atom. The molecule has 0 saturated carbocycles. The highest BCUT2D eigenvalue weighted by Crippen LogP contribution is 2.30. The average molecular weight is 554 g/mol. The van der Waals surface area contributed by atoms with Crippen LogP contribution in [0.15, 0.2) is 73.2 Å². The average Bonchev–Trinajstić information content (AvgIpc) is 3.46. The second kappa shape index (κ2) is 13.0. The van der Waals surface area contributed by atoms with Crippen molar-refractivity contribution in [2.75, 3.05) is 37.6 Å². The molecule has 5 rings (SSSR count). The SMILES string of the molecule is CC(=O)NCCN(c1cccc(C(=O)N2CC(C)N(CCCc3ccccc3)C(C)C2)c1)c1ncnc2[nH]ccc12. The van der Waals surface area contributed by atoms with Crippen LogP contribution in [0, 0.1) is 0 Å². The fourth-order valence-electron chi connectivity index (χ4n) is 5.84. The Labute approximate surface area is 241 Å². The molecular formula is C32H39N7O2. The first kappa shape index (κ1) is 28.3. The molecule has 4 aromatic rings. The lowest BCUT2D eigenvalue weighted by molar-refractivity contribution is -0.118. The Morgan fingerprint density at radius 2 is 1.80 bits per heavy atom. The van der Waals surface area contributed by atoms with Crippen LogP contribution in [0.4, 0.5) is 11.5 Å². The normalized spacial score (nSPS) is 17.5. The fourth-order valence-corrected chi connectivity index (χ4v) is 5.84. The number of aromatic nitrogens is 3. The third-order valence-corrected chi connectivity index (χ3v) is 7.82. The number of nitrogens with one attached hydrogen (secondary N) is 2. The van der Waals surface area contributed by atoms with Crippen molar-refractivity contribution in [3.8, 4) is 0 Å².